The summed E-state index contributed by atoms with van der Waals surface area (Å²) in [6.45, 7) is 1.91. The molecule has 186 valence electrons. The normalized spacial score (nSPS) is 17.9. The Hall–Kier alpha value is -2.39. The number of carboxylic acid groups (broad SMARTS) is 1. The number of nitrogens with zero attached hydrogens (tertiary/aromatic N) is 2. The van der Waals surface area contributed by atoms with Crippen molar-refractivity contribution in [2.45, 2.75) is 58.2 Å². The maximum absolute atomic E-state index is 12.3. The van der Waals surface area contributed by atoms with Gasteiger partial charge in [0.25, 0.3) is 0 Å². The molecule has 0 aromatic carbocycles. The number of alkyl halides is 1. The molecule has 1 aliphatic rings. The lowest BCUT2D eigenvalue weighted by molar-refractivity contribution is -0.143. The number of carboxylic acids is 1. The van der Waals surface area contributed by atoms with E-state index in [9.17, 15) is 19.1 Å². The van der Waals surface area contributed by atoms with Gasteiger partial charge >= 0.3 is 12.1 Å². The van der Waals surface area contributed by atoms with Crippen molar-refractivity contribution in [2.24, 2.45) is 5.92 Å². The number of aryl methyl sites for hydroxylation is 1. The lowest BCUT2D eigenvalue weighted by Crippen LogP contribution is -2.29. The zero-order valence-electron chi connectivity index (χ0n) is 19.4. The fraction of sp³-hybridized carbons (Fsp3) is 0.542. The van der Waals surface area contributed by atoms with E-state index in [2.05, 4.69) is 4.98 Å². The maximum Gasteiger partial charge on any atom is 0.409 e. The molecule has 1 N–H and O–H groups in total. The van der Waals surface area contributed by atoms with Gasteiger partial charge in [0.05, 0.1) is 39.3 Å². The molecule has 0 spiro atoms. The SMILES string of the molecule is Cc1nc(-c2sc(Cl)cc2COC(=O)N(C)CCCCF)ccc1O[C@H]1CCC[C@H](C(=O)O)C1. The van der Waals surface area contributed by atoms with Crippen LogP contribution in [0.1, 0.15) is 49.8 Å². The molecule has 3 rings (SSSR count). The molecule has 2 heterocycles. The topological polar surface area (TPSA) is 89.0 Å². The zero-order chi connectivity index (χ0) is 24.7. The second-order valence-electron chi connectivity index (χ2n) is 8.50. The first-order valence-corrected chi connectivity index (χ1v) is 12.6. The number of carbonyl (C=O) groups excluding carboxylic acids is 1. The van der Waals surface area contributed by atoms with E-state index in [0.29, 0.717) is 53.7 Å². The van der Waals surface area contributed by atoms with Gasteiger partial charge in [-0.05, 0) is 63.6 Å². The number of aromatic nitrogens is 1. The van der Waals surface area contributed by atoms with E-state index in [1.807, 2.05) is 19.1 Å². The third-order valence-electron chi connectivity index (χ3n) is 5.86. The van der Waals surface area contributed by atoms with Gasteiger partial charge in [-0.2, -0.15) is 0 Å². The van der Waals surface area contributed by atoms with E-state index >= 15 is 0 Å². The number of hydrogen-bond acceptors (Lipinski definition) is 6. The molecule has 10 heteroatoms. The van der Waals surface area contributed by atoms with Crippen molar-refractivity contribution in [3.8, 4) is 16.3 Å². The monoisotopic (exact) mass is 512 g/mol. The van der Waals surface area contributed by atoms with Gasteiger partial charge in [-0.15, -0.1) is 11.3 Å². The smallest absolute Gasteiger partial charge is 0.409 e. The number of hydrogen-bond donors (Lipinski definition) is 1. The number of unbranched alkanes of at least 4 members (excludes halogenated alkanes) is 1. The summed E-state index contributed by atoms with van der Waals surface area (Å²) in [4.78, 5) is 30.5. The van der Waals surface area contributed by atoms with Crippen LogP contribution in [-0.2, 0) is 16.1 Å². The van der Waals surface area contributed by atoms with Crippen molar-refractivity contribution in [1.82, 2.24) is 9.88 Å². The van der Waals surface area contributed by atoms with Crippen molar-refractivity contribution in [3.63, 3.8) is 0 Å². The molecule has 0 radical (unpaired) electrons. The van der Waals surface area contributed by atoms with Gasteiger partial charge in [0, 0.05) is 19.2 Å². The minimum Gasteiger partial charge on any atom is -0.489 e. The largest absolute Gasteiger partial charge is 0.489 e. The quantitative estimate of drug-likeness (QED) is 0.386. The number of aliphatic carboxylic acids is 1. The third-order valence-corrected chi connectivity index (χ3v) is 7.19. The summed E-state index contributed by atoms with van der Waals surface area (Å²) in [5.41, 5.74) is 2.13. The van der Waals surface area contributed by atoms with E-state index in [1.54, 1.807) is 13.1 Å². The van der Waals surface area contributed by atoms with E-state index in [0.717, 1.165) is 23.3 Å². The molecule has 2 atom stereocenters. The summed E-state index contributed by atoms with van der Waals surface area (Å²) in [6.07, 6.45) is 3.19. The number of carbonyl (C=O) groups is 2. The lowest BCUT2D eigenvalue weighted by Gasteiger charge is -2.27. The summed E-state index contributed by atoms with van der Waals surface area (Å²) in [6, 6.07) is 5.42. The highest BCUT2D eigenvalue weighted by atomic mass is 35.5. The Kier molecular flexibility index (Phi) is 9.53. The molecule has 1 amide bonds. The first kappa shape index (κ1) is 26.2. The summed E-state index contributed by atoms with van der Waals surface area (Å²) >= 11 is 7.60. The molecule has 1 saturated carbocycles. The first-order chi connectivity index (χ1) is 16.3. The van der Waals surface area contributed by atoms with E-state index in [1.165, 1.54) is 16.2 Å². The Morgan fingerprint density at radius 1 is 1.32 bits per heavy atom. The van der Waals surface area contributed by atoms with Crippen LogP contribution < -0.4 is 4.74 Å². The highest BCUT2D eigenvalue weighted by Gasteiger charge is 2.28. The molecule has 34 heavy (non-hydrogen) atoms. The third kappa shape index (κ3) is 7.06. The average Bonchev–Trinajstić information content (AvgIpc) is 3.19. The Balaban J connectivity index is 1.65. The molecular formula is C24H30ClFN2O5S. The minimum absolute atomic E-state index is 0.0441. The summed E-state index contributed by atoms with van der Waals surface area (Å²) in [7, 11) is 1.62. The van der Waals surface area contributed by atoms with Crippen LogP contribution in [0.4, 0.5) is 9.18 Å². The van der Waals surface area contributed by atoms with Crippen LogP contribution in [0, 0.1) is 12.8 Å². The minimum atomic E-state index is -0.771. The lowest BCUT2D eigenvalue weighted by atomic mass is 9.87. The standard InChI is InChI=1S/C24H30ClFN2O5S/c1-15-20(33-18-7-5-6-16(12-18)23(29)30)9-8-19(27-15)22-17(13-21(25)34-22)14-32-24(31)28(2)11-4-3-10-26/h8-9,13,16,18H,3-7,10-12,14H2,1-2H3,(H,29,30)/t16-,18-/m0/s1. The number of halogens is 2. The highest BCUT2D eigenvalue weighted by Crippen LogP contribution is 2.37. The van der Waals surface area contributed by atoms with Crippen molar-refractivity contribution >= 4 is 35.0 Å². The number of ether oxygens (including phenoxy) is 2. The Labute approximate surface area is 207 Å². The first-order valence-electron chi connectivity index (χ1n) is 11.4. The van der Waals surface area contributed by atoms with Gasteiger partial charge in [0.1, 0.15) is 12.4 Å². The summed E-state index contributed by atoms with van der Waals surface area (Å²) in [5, 5.41) is 9.30. The van der Waals surface area contributed by atoms with Crippen molar-refractivity contribution in [2.75, 3.05) is 20.3 Å². The predicted octanol–water partition coefficient (Wildman–Crippen LogP) is 6.11. The second kappa shape index (κ2) is 12.4. The summed E-state index contributed by atoms with van der Waals surface area (Å²) < 4.78 is 24.3. The molecule has 7 nitrogen and oxygen atoms in total. The Morgan fingerprint density at radius 2 is 2.12 bits per heavy atom. The number of pyridine rings is 1. The molecule has 0 bridgehead atoms. The van der Waals surface area contributed by atoms with E-state index < -0.39 is 18.7 Å². The van der Waals surface area contributed by atoms with Crippen LogP contribution >= 0.6 is 22.9 Å². The van der Waals surface area contributed by atoms with Gasteiger partial charge in [0.2, 0.25) is 0 Å². The molecule has 2 aromatic rings. The van der Waals surface area contributed by atoms with E-state index in [4.69, 9.17) is 21.1 Å². The van der Waals surface area contributed by atoms with Crippen LogP contribution in [0.25, 0.3) is 10.6 Å². The molecule has 0 unspecified atom stereocenters. The van der Waals surface area contributed by atoms with Crippen LogP contribution in [0.2, 0.25) is 4.34 Å². The van der Waals surface area contributed by atoms with Gasteiger partial charge in [-0.3, -0.25) is 9.18 Å². The predicted molar refractivity (Wildman–Crippen MR) is 129 cm³/mol. The van der Waals surface area contributed by atoms with Crippen LogP contribution in [0.5, 0.6) is 5.75 Å². The Bertz CT molecular complexity index is 1000. The van der Waals surface area contributed by atoms with Crippen LogP contribution in [-0.4, -0.2) is 53.4 Å². The highest BCUT2D eigenvalue weighted by molar-refractivity contribution is 7.19. The average molecular weight is 513 g/mol. The second-order valence-corrected chi connectivity index (χ2v) is 10.2. The van der Waals surface area contributed by atoms with Crippen molar-refractivity contribution in [1.29, 1.82) is 0 Å². The van der Waals surface area contributed by atoms with Gasteiger partial charge in [-0.25, -0.2) is 9.78 Å². The van der Waals surface area contributed by atoms with Crippen LogP contribution in [0.15, 0.2) is 18.2 Å². The van der Waals surface area contributed by atoms with Gasteiger partial charge in [0.15, 0.2) is 0 Å². The van der Waals surface area contributed by atoms with Gasteiger partial charge in [-0.1, -0.05) is 11.6 Å². The molecule has 2 aromatic heterocycles. The van der Waals surface area contributed by atoms with Gasteiger partial charge < -0.3 is 19.5 Å². The molecule has 1 fully saturated rings. The van der Waals surface area contributed by atoms with Crippen molar-refractivity contribution < 1.29 is 28.6 Å². The fourth-order valence-electron chi connectivity index (χ4n) is 3.96. The van der Waals surface area contributed by atoms with Crippen molar-refractivity contribution in [3.05, 3.63) is 33.8 Å². The zero-order valence-corrected chi connectivity index (χ0v) is 21.0. The number of thiophene rings is 1. The van der Waals surface area contributed by atoms with E-state index in [-0.39, 0.29) is 18.6 Å². The molecule has 1 aliphatic carbocycles. The summed E-state index contributed by atoms with van der Waals surface area (Å²) in [5.74, 6) is -0.509. The Morgan fingerprint density at radius 3 is 2.82 bits per heavy atom. The number of amides is 1. The molecule has 0 aliphatic heterocycles. The number of rotatable bonds is 10. The molecular weight excluding hydrogens is 483 g/mol. The van der Waals surface area contributed by atoms with Crippen LogP contribution in [0.3, 0.4) is 0 Å². The molecule has 0 saturated heterocycles. The fourth-order valence-corrected chi connectivity index (χ4v) is 5.19. The maximum atomic E-state index is 12.3.